The Balaban J connectivity index is 1.56. The SMILES string of the molecule is c1ccc(OCC(COc2ccccn2)(COc2ccccn2)COc2ccccn2)nc1. The van der Waals surface area contributed by atoms with Crippen LogP contribution in [0, 0.1) is 5.41 Å². The molecule has 0 amide bonds. The van der Waals surface area contributed by atoms with Gasteiger partial charge in [-0.1, -0.05) is 24.3 Å². The van der Waals surface area contributed by atoms with Gasteiger partial charge in [-0.3, -0.25) is 0 Å². The molecule has 8 heteroatoms. The fourth-order valence-electron chi connectivity index (χ4n) is 2.89. The molecule has 168 valence electrons. The molecule has 0 aliphatic rings. The molecule has 0 bridgehead atoms. The predicted molar refractivity (Wildman–Crippen MR) is 121 cm³/mol. The van der Waals surface area contributed by atoms with Crippen LogP contribution in [0.4, 0.5) is 0 Å². The molecule has 4 rings (SSSR count). The van der Waals surface area contributed by atoms with Gasteiger partial charge >= 0.3 is 0 Å². The Morgan fingerprint density at radius 1 is 0.424 bits per heavy atom. The van der Waals surface area contributed by atoms with Crippen LogP contribution in [0.2, 0.25) is 0 Å². The molecule has 0 saturated heterocycles. The van der Waals surface area contributed by atoms with Crippen molar-refractivity contribution < 1.29 is 18.9 Å². The van der Waals surface area contributed by atoms with Crippen molar-refractivity contribution in [3.63, 3.8) is 0 Å². The first-order valence-corrected chi connectivity index (χ1v) is 10.5. The molecular weight excluding hydrogens is 420 g/mol. The maximum Gasteiger partial charge on any atom is 0.213 e. The van der Waals surface area contributed by atoms with Crippen LogP contribution >= 0.6 is 0 Å². The number of hydrogen-bond acceptors (Lipinski definition) is 8. The summed E-state index contributed by atoms with van der Waals surface area (Å²) in [6, 6.07) is 22.0. The molecule has 0 spiro atoms. The lowest BCUT2D eigenvalue weighted by Gasteiger charge is -2.32. The third-order valence-corrected chi connectivity index (χ3v) is 4.66. The van der Waals surface area contributed by atoms with Gasteiger partial charge in [0.1, 0.15) is 31.8 Å². The molecule has 0 fully saturated rings. The van der Waals surface area contributed by atoms with Crippen LogP contribution < -0.4 is 18.9 Å². The first-order valence-electron chi connectivity index (χ1n) is 10.5. The summed E-state index contributed by atoms with van der Waals surface area (Å²) in [6.45, 7) is 0.875. The van der Waals surface area contributed by atoms with E-state index in [4.69, 9.17) is 18.9 Å². The van der Waals surface area contributed by atoms with Gasteiger partial charge in [-0.15, -0.1) is 0 Å². The van der Waals surface area contributed by atoms with E-state index in [1.54, 1.807) is 49.1 Å². The topological polar surface area (TPSA) is 88.5 Å². The van der Waals surface area contributed by atoms with Gasteiger partial charge in [0.05, 0.1) is 0 Å². The molecular formula is C25H24N4O4. The summed E-state index contributed by atoms with van der Waals surface area (Å²) >= 11 is 0. The van der Waals surface area contributed by atoms with Crippen LogP contribution in [0.1, 0.15) is 0 Å². The van der Waals surface area contributed by atoms with Crippen LogP contribution in [-0.2, 0) is 0 Å². The highest BCUT2D eigenvalue weighted by molar-refractivity contribution is 5.13. The summed E-state index contributed by atoms with van der Waals surface area (Å²) in [4.78, 5) is 17.0. The molecule has 4 aromatic rings. The van der Waals surface area contributed by atoms with Gasteiger partial charge in [0, 0.05) is 49.1 Å². The number of pyridine rings is 4. The first kappa shape index (κ1) is 22.0. The zero-order valence-electron chi connectivity index (χ0n) is 18.0. The maximum atomic E-state index is 6.02. The number of nitrogens with zero attached hydrogens (tertiary/aromatic N) is 4. The molecule has 8 nitrogen and oxygen atoms in total. The van der Waals surface area contributed by atoms with Crippen molar-refractivity contribution in [1.29, 1.82) is 0 Å². The Labute approximate surface area is 192 Å². The molecule has 0 atom stereocenters. The lowest BCUT2D eigenvalue weighted by molar-refractivity contribution is -0.00790. The maximum absolute atomic E-state index is 6.02. The molecule has 0 aliphatic heterocycles. The minimum Gasteiger partial charge on any atom is -0.477 e. The van der Waals surface area contributed by atoms with Gasteiger partial charge < -0.3 is 18.9 Å². The van der Waals surface area contributed by atoms with Crippen molar-refractivity contribution in [1.82, 2.24) is 19.9 Å². The Kier molecular flexibility index (Phi) is 7.62. The van der Waals surface area contributed by atoms with Crippen molar-refractivity contribution in [3.8, 4) is 23.5 Å². The van der Waals surface area contributed by atoms with Gasteiger partial charge in [0.15, 0.2) is 0 Å². The van der Waals surface area contributed by atoms with Gasteiger partial charge in [-0.2, -0.15) is 0 Å². The standard InChI is InChI=1S/C25H24N4O4/c1-5-13-26-21(9-1)30-17-25(18-31-22-10-2-6-14-27-22,19-32-23-11-3-7-15-28-23)20-33-24-12-4-8-16-29-24/h1-16H,17-20H2. The van der Waals surface area contributed by atoms with E-state index in [0.29, 0.717) is 23.5 Å². The van der Waals surface area contributed by atoms with E-state index >= 15 is 0 Å². The smallest absolute Gasteiger partial charge is 0.213 e. The molecule has 33 heavy (non-hydrogen) atoms. The second-order valence-electron chi connectivity index (χ2n) is 7.33. The monoisotopic (exact) mass is 444 g/mol. The van der Waals surface area contributed by atoms with Gasteiger partial charge in [-0.25, -0.2) is 19.9 Å². The highest BCUT2D eigenvalue weighted by atomic mass is 16.5. The van der Waals surface area contributed by atoms with E-state index in [1.165, 1.54) is 0 Å². The second kappa shape index (κ2) is 11.4. The molecule has 0 aliphatic carbocycles. The Morgan fingerprint density at radius 2 is 0.697 bits per heavy atom. The Bertz CT molecular complexity index is 891. The largest absolute Gasteiger partial charge is 0.477 e. The molecule has 0 saturated carbocycles. The quantitative estimate of drug-likeness (QED) is 0.325. The Hall–Kier alpha value is -4.20. The van der Waals surface area contributed by atoms with Crippen molar-refractivity contribution in [2.75, 3.05) is 26.4 Å². The summed E-state index contributed by atoms with van der Waals surface area (Å²) < 4.78 is 24.1. The van der Waals surface area contributed by atoms with E-state index in [-0.39, 0.29) is 26.4 Å². The van der Waals surface area contributed by atoms with Crippen LogP contribution in [0.15, 0.2) is 97.6 Å². The molecule has 4 aromatic heterocycles. The van der Waals surface area contributed by atoms with Crippen molar-refractivity contribution >= 4 is 0 Å². The highest BCUT2D eigenvalue weighted by Gasteiger charge is 2.36. The highest BCUT2D eigenvalue weighted by Crippen LogP contribution is 2.24. The number of ether oxygens (including phenoxy) is 4. The van der Waals surface area contributed by atoms with Crippen molar-refractivity contribution in [3.05, 3.63) is 97.6 Å². The summed E-state index contributed by atoms with van der Waals surface area (Å²) in [5.74, 6) is 1.98. The molecule has 0 radical (unpaired) electrons. The van der Waals surface area contributed by atoms with E-state index in [1.807, 2.05) is 48.5 Å². The lowest BCUT2D eigenvalue weighted by Crippen LogP contribution is -2.45. The zero-order valence-corrected chi connectivity index (χ0v) is 18.0. The van der Waals surface area contributed by atoms with Crippen molar-refractivity contribution in [2.45, 2.75) is 0 Å². The summed E-state index contributed by atoms with van der Waals surface area (Å²) in [7, 11) is 0. The fourth-order valence-corrected chi connectivity index (χ4v) is 2.89. The number of rotatable bonds is 12. The lowest BCUT2D eigenvalue weighted by atomic mass is 9.92. The Morgan fingerprint density at radius 3 is 0.909 bits per heavy atom. The summed E-state index contributed by atoms with van der Waals surface area (Å²) in [5.41, 5.74) is -0.732. The molecule has 4 heterocycles. The van der Waals surface area contributed by atoms with Crippen LogP contribution in [0.3, 0.4) is 0 Å². The van der Waals surface area contributed by atoms with Crippen LogP contribution in [-0.4, -0.2) is 46.4 Å². The number of aromatic nitrogens is 4. The van der Waals surface area contributed by atoms with Gasteiger partial charge in [0.25, 0.3) is 0 Å². The summed E-state index contributed by atoms with van der Waals surface area (Å²) in [6.07, 6.45) is 6.71. The minimum absolute atomic E-state index is 0.219. The zero-order chi connectivity index (χ0) is 22.6. The minimum atomic E-state index is -0.732. The van der Waals surface area contributed by atoms with Crippen molar-refractivity contribution in [2.24, 2.45) is 5.41 Å². The molecule has 0 unspecified atom stereocenters. The first-order chi connectivity index (χ1) is 16.3. The van der Waals surface area contributed by atoms with Gasteiger partial charge in [0.2, 0.25) is 23.5 Å². The molecule has 0 aromatic carbocycles. The predicted octanol–water partition coefficient (Wildman–Crippen LogP) is 3.87. The third kappa shape index (κ3) is 6.90. The van der Waals surface area contributed by atoms with E-state index in [0.717, 1.165) is 0 Å². The summed E-state index contributed by atoms with van der Waals surface area (Å²) in [5, 5.41) is 0. The normalized spacial score (nSPS) is 10.9. The van der Waals surface area contributed by atoms with Gasteiger partial charge in [-0.05, 0) is 24.3 Å². The molecule has 0 N–H and O–H groups in total. The average Bonchev–Trinajstić information content (AvgIpc) is 2.90. The average molecular weight is 444 g/mol. The third-order valence-electron chi connectivity index (χ3n) is 4.66. The van der Waals surface area contributed by atoms with Crippen LogP contribution in [0.5, 0.6) is 23.5 Å². The fraction of sp³-hybridized carbons (Fsp3) is 0.200. The second-order valence-corrected chi connectivity index (χ2v) is 7.33. The van der Waals surface area contributed by atoms with E-state index in [9.17, 15) is 0 Å². The van der Waals surface area contributed by atoms with Crippen LogP contribution in [0.25, 0.3) is 0 Å². The van der Waals surface area contributed by atoms with E-state index < -0.39 is 5.41 Å². The van der Waals surface area contributed by atoms with E-state index in [2.05, 4.69) is 19.9 Å². The number of hydrogen-bond donors (Lipinski definition) is 0.